The van der Waals surface area contributed by atoms with Crippen molar-refractivity contribution < 1.29 is 9.59 Å². The number of hydrogen-bond acceptors (Lipinski definition) is 3. The number of carbonyl (C=O) groups is 2. The first kappa shape index (κ1) is 20.7. The zero-order chi connectivity index (χ0) is 18.4. The average Bonchev–Trinajstić information content (AvgIpc) is 3.33. The van der Waals surface area contributed by atoms with Crippen LogP contribution in [0.25, 0.3) is 0 Å². The molecule has 4 unspecified atom stereocenters. The molecule has 3 fully saturated rings. The molecule has 3 aliphatic rings. The van der Waals surface area contributed by atoms with Gasteiger partial charge in [0.25, 0.3) is 5.91 Å². The molecule has 8 heteroatoms. The monoisotopic (exact) mass is 431 g/mol. The summed E-state index contributed by atoms with van der Waals surface area (Å²) in [4.78, 5) is 29.7. The fourth-order valence-corrected chi connectivity index (χ4v) is 5.15. The van der Waals surface area contributed by atoms with E-state index in [4.69, 9.17) is 28.9 Å². The molecule has 2 heterocycles. The van der Waals surface area contributed by atoms with Crippen LogP contribution in [0.5, 0.6) is 0 Å². The number of likely N-dealkylation sites (tertiary alicyclic amines) is 2. The van der Waals surface area contributed by atoms with Gasteiger partial charge in [0.05, 0.1) is 10.6 Å². The van der Waals surface area contributed by atoms with E-state index in [1.165, 1.54) is 0 Å². The summed E-state index contributed by atoms with van der Waals surface area (Å²) in [5, 5.41) is 0.820. The minimum Gasteiger partial charge on any atom is -0.340 e. The van der Waals surface area contributed by atoms with Crippen molar-refractivity contribution in [2.75, 3.05) is 19.6 Å². The highest BCUT2D eigenvalue weighted by molar-refractivity contribution is 6.35. The molecule has 27 heavy (non-hydrogen) atoms. The van der Waals surface area contributed by atoms with Crippen molar-refractivity contribution in [2.45, 2.75) is 37.8 Å². The second-order valence-electron chi connectivity index (χ2n) is 7.69. The standard InChI is InChI=1S/C19H23Cl2N3O2.ClH/c20-12-4-5-15(21)13(8-12)18(25)24-7-1-2-17(24)19(26)23-9-11-3-6-16(22)14(11)10-23;/h4-5,8,11,14,16-17H,1-3,6-7,9-10,22H2;1H. The van der Waals surface area contributed by atoms with Gasteiger partial charge in [-0.1, -0.05) is 23.2 Å². The van der Waals surface area contributed by atoms with E-state index in [0.717, 1.165) is 32.4 Å². The lowest BCUT2D eigenvalue weighted by molar-refractivity contribution is -0.134. The maximum atomic E-state index is 13.1. The lowest BCUT2D eigenvalue weighted by atomic mass is 9.98. The quantitative estimate of drug-likeness (QED) is 0.780. The van der Waals surface area contributed by atoms with Crippen molar-refractivity contribution in [3.8, 4) is 0 Å². The molecule has 2 saturated heterocycles. The summed E-state index contributed by atoms with van der Waals surface area (Å²) < 4.78 is 0. The number of carbonyl (C=O) groups excluding carboxylic acids is 2. The Kier molecular flexibility index (Phi) is 6.26. The first-order chi connectivity index (χ1) is 12.5. The Balaban J connectivity index is 0.00000210. The molecule has 2 N–H and O–H groups in total. The van der Waals surface area contributed by atoms with Crippen LogP contribution in [0.2, 0.25) is 10.0 Å². The van der Waals surface area contributed by atoms with Crippen molar-refractivity contribution in [1.82, 2.24) is 9.80 Å². The van der Waals surface area contributed by atoms with E-state index in [0.29, 0.717) is 40.4 Å². The summed E-state index contributed by atoms with van der Waals surface area (Å²) in [6.45, 7) is 2.06. The Morgan fingerprint density at radius 2 is 1.89 bits per heavy atom. The van der Waals surface area contributed by atoms with E-state index in [9.17, 15) is 9.59 Å². The topological polar surface area (TPSA) is 66.6 Å². The second kappa shape index (κ2) is 8.16. The normalized spacial score (nSPS) is 29.6. The zero-order valence-corrected chi connectivity index (χ0v) is 17.3. The molecule has 2 amide bonds. The molecule has 1 aliphatic carbocycles. The van der Waals surface area contributed by atoms with Crippen molar-refractivity contribution in [1.29, 1.82) is 0 Å². The van der Waals surface area contributed by atoms with Crippen LogP contribution in [0.1, 0.15) is 36.0 Å². The number of halogens is 3. The SMILES string of the molecule is Cl.NC1CCC2CN(C(=O)C3CCCN3C(=O)c3cc(Cl)ccc3Cl)CC12. The second-order valence-corrected chi connectivity index (χ2v) is 8.53. The molecule has 5 nitrogen and oxygen atoms in total. The van der Waals surface area contributed by atoms with E-state index < -0.39 is 6.04 Å². The van der Waals surface area contributed by atoms with Gasteiger partial charge in [0, 0.05) is 30.7 Å². The van der Waals surface area contributed by atoms with Gasteiger partial charge in [0.1, 0.15) is 6.04 Å². The predicted molar refractivity (Wildman–Crippen MR) is 109 cm³/mol. The number of benzene rings is 1. The maximum Gasteiger partial charge on any atom is 0.256 e. The largest absolute Gasteiger partial charge is 0.340 e. The molecule has 2 aliphatic heterocycles. The highest BCUT2D eigenvalue weighted by Gasteiger charge is 2.45. The van der Waals surface area contributed by atoms with Crippen molar-refractivity contribution in [3.05, 3.63) is 33.8 Å². The van der Waals surface area contributed by atoms with Gasteiger partial charge >= 0.3 is 0 Å². The van der Waals surface area contributed by atoms with Crippen LogP contribution in [0.15, 0.2) is 18.2 Å². The first-order valence-electron chi connectivity index (χ1n) is 9.26. The Morgan fingerprint density at radius 1 is 1.11 bits per heavy atom. The summed E-state index contributed by atoms with van der Waals surface area (Å²) in [6.07, 6.45) is 3.67. The lowest BCUT2D eigenvalue weighted by Gasteiger charge is -2.29. The highest BCUT2D eigenvalue weighted by Crippen LogP contribution is 2.38. The van der Waals surface area contributed by atoms with Gasteiger partial charge in [0.15, 0.2) is 0 Å². The van der Waals surface area contributed by atoms with Crippen LogP contribution in [0.3, 0.4) is 0 Å². The minimum absolute atomic E-state index is 0. The van der Waals surface area contributed by atoms with Gasteiger partial charge < -0.3 is 15.5 Å². The third-order valence-electron chi connectivity index (χ3n) is 6.18. The average molecular weight is 433 g/mol. The van der Waals surface area contributed by atoms with Crippen LogP contribution in [0.4, 0.5) is 0 Å². The van der Waals surface area contributed by atoms with Crippen LogP contribution < -0.4 is 5.73 Å². The van der Waals surface area contributed by atoms with Gasteiger partial charge in [0.2, 0.25) is 5.91 Å². The summed E-state index contributed by atoms with van der Waals surface area (Å²) in [5.74, 6) is 0.758. The Hall–Kier alpha value is -1.01. The molecule has 1 aromatic rings. The van der Waals surface area contributed by atoms with Crippen LogP contribution >= 0.6 is 35.6 Å². The van der Waals surface area contributed by atoms with Gasteiger partial charge in [-0.2, -0.15) is 0 Å². The minimum atomic E-state index is -0.410. The number of amides is 2. The summed E-state index contributed by atoms with van der Waals surface area (Å²) in [7, 11) is 0. The van der Waals surface area contributed by atoms with Gasteiger partial charge in [-0.05, 0) is 55.7 Å². The smallest absolute Gasteiger partial charge is 0.256 e. The molecule has 0 aromatic heterocycles. The van der Waals surface area contributed by atoms with Crippen molar-refractivity contribution in [2.24, 2.45) is 17.6 Å². The van der Waals surface area contributed by atoms with Gasteiger partial charge in [-0.15, -0.1) is 12.4 Å². The molecular weight excluding hydrogens is 409 g/mol. The predicted octanol–water partition coefficient (Wildman–Crippen LogP) is 3.22. The Labute approximate surface area is 175 Å². The molecule has 4 atom stereocenters. The fourth-order valence-electron chi connectivity index (χ4n) is 4.78. The summed E-state index contributed by atoms with van der Waals surface area (Å²) in [5.41, 5.74) is 6.55. The van der Waals surface area contributed by atoms with E-state index in [1.54, 1.807) is 23.1 Å². The van der Waals surface area contributed by atoms with E-state index in [1.807, 2.05) is 4.90 Å². The molecule has 0 radical (unpaired) electrons. The van der Waals surface area contributed by atoms with Crippen LogP contribution in [-0.2, 0) is 4.79 Å². The highest BCUT2D eigenvalue weighted by atomic mass is 35.5. The number of fused-ring (bicyclic) bond motifs is 1. The molecule has 1 saturated carbocycles. The molecular formula is C19H24Cl3N3O2. The summed E-state index contributed by atoms with van der Waals surface area (Å²) >= 11 is 12.2. The van der Waals surface area contributed by atoms with E-state index >= 15 is 0 Å². The number of nitrogens with two attached hydrogens (primary N) is 1. The number of rotatable bonds is 2. The van der Waals surface area contributed by atoms with Crippen molar-refractivity contribution in [3.63, 3.8) is 0 Å². The van der Waals surface area contributed by atoms with E-state index in [-0.39, 0.29) is 30.3 Å². The third-order valence-corrected chi connectivity index (χ3v) is 6.75. The Bertz CT molecular complexity index is 745. The molecule has 0 bridgehead atoms. The van der Waals surface area contributed by atoms with Gasteiger partial charge in [-0.3, -0.25) is 9.59 Å². The fraction of sp³-hybridized carbons (Fsp3) is 0.579. The lowest BCUT2D eigenvalue weighted by Crippen LogP contribution is -2.47. The third kappa shape index (κ3) is 3.80. The van der Waals surface area contributed by atoms with Crippen LogP contribution in [0, 0.1) is 11.8 Å². The van der Waals surface area contributed by atoms with Crippen molar-refractivity contribution >= 4 is 47.4 Å². The Morgan fingerprint density at radius 3 is 2.63 bits per heavy atom. The maximum absolute atomic E-state index is 13.1. The molecule has 0 spiro atoms. The van der Waals surface area contributed by atoms with Crippen LogP contribution in [-0.4, -0.2) is 53.3 Å². The van der Waals surface area contributed by atoms with E-state index in [2.05, 4.69) is 0 Å². The molecule has 4 rings (SSSR count). The number of nitrogens with zero attached hydrogens (tertiary/aromatic N) is 2. The summed E-state index contributed by atoms with van der Waals surface area (Å²) in [6, 6.07) is 4.63. The molecule has 1 aromatic carbocycles. The van der Waals surface area contributed by atoms with Gasteiger partial charge in [-0.25, -0.2) is 0 Å². The number of hydrogen-bond donors (Lipinski definition) is 1. The molecule has 148 valence electrons. The first-order valence-corrected chi connectivity index (χ1v) is 10.0. The zero-order valence-electron chi connectivity index (χ0n) is 14.9.